The van der Waals surface area contributed by atoms with Gasteiger partial charge >= 0.3 is 17.9 Å². The smallest absolute Gasteiger partial charge is 0.306 e. The molecule has 0 N–H and O–H groups in total. The van der Waals surface area contributed by atoms with Gasteiger partial charge in [0.05, 0.1) is 0 Å². The van der Waals surface area contributed by atoms with E-state index in [9.17, 15) is 14.4 Å². The number of esters is 3. The number of unbranched alkanes of at least 4 members (excludes halogenated alkanes) is 22. The van der Waals surface area contributed by atoms with Crippen molar-refractivity contribution in [3.8, 4) is 0 Å². The molecule has 0 bridgehead atoms. The van der Waals surface area contributed by atoms with E-state index in [1.54, 1.807) is 0 Å². The third-order valence-corrected chi connectivity index (χ3v) is 11.1. The molecule has 1 atom stereocenters. The highest BCUT2D eigenvalue weighted by Gasteiger charge is 2.19. The summed E-state index contributed by atoms with van der Waals surface area (Å²) >= 11 is 0. The number of allylic oxidation sites excluding steroid dienone is 14. The number of rotatable bonds is 47. The first-order valence-electron chi connectivity index (χ1n) is 26.6. The van der Waals surface area contributed by atoms with E-state index in [1.807, 2.05) is 6.08 Å². The van der Waals surface area contributed by atoms with Gasteiger partial charge in [-0.05, 0) is 83.5 Å². The molecule has 0 saturated heterocycles. The van der Waals surface area contributed by atoms with E-state index in [1.165, 1.54) is 122 Å². The van der Waals surface area contributed by atoms with Crippen molar-refractivity contribution in [2.75, 3.05) is 13.2 Å². The van der Waals surface area contributed by atoms with Crippen LogP contribution in [0.25, 0.3) is 0 Å². The fraction of sp³-hybridized carbons (Fsp3) is 0.707. The molecule has 0 saturated carbocycles. The standard InChI is InChI=1S/C58H98O6/c1-4-7-10-13-16-19-21-23-25-27-29-31-32-34-36-39-42-45-48-51-57(60)63-54-55(53-62-56(59)50-47-44-41-38-18-15-12-9-6-3)64-58(61)52-49-46-43-40-37-35-33-30-28-26-24-22-20-17-14-11-8-5-2/h7,10,16,19,23,25-26,28-29,31,34,36,42,45,55H,4-6,8-9,11-15,17-18,20-22,24,27,30,32-33,35,37-41,43-44,46-54H2,1-3H3/b10-7-,19-16-,25-23-,28-26-,31-29-,36-34-,45-42-. The SMILES string of the molecule is CC/C=C\C/C=C\C/C=C\C/C=C\C/C=C\C/C=C\CCC(=O)OCC(COC(=O)CCCCCCCCCCC)OC(=O)CCCCCCCCC/C=C\CCCCCCCCC. The van der Waals surface area contributed by atoms with Crippen LogP contribution in [0.4, 0.5) is 0 Å². The number of hydrogen-bond acceptors (Lipinski definition) is 6. The van der Waals surface area contributed by atoms with Crippen LogP contribution in [0, 0.1) is 0 Å². The van der Waals surface area contributed by atoms with E-state index in [-0.39, 0.29) is 37.5 Å². The fourth-order valence-electron chi connectivity index (χ4n) is 7.17. The second-order valence-electron chi connectivity index (χ2n) is 17.4. The molecule has 1 unspecified atom stereocenters. The van der Waals surface area contributed by atoms with E-state index in [0.29, 0.717) is 19.3 Å². The Hall–Kier alpha value is -3.41. The van der Waals surface area contributed by atoms with Crippen molar-refractivity contribution in [3.05, 3.63) is 85.1 Å². The van der Waals surface area contributed by atoms with Crippen molar-refractivity contribution in [1.82, 2.24) is 0 Å². The van der Waals surface area contributed by atoms with Gasteiger partial charge in [-0.2, -0.15) is 0 Å². The zero-order valence-electron chi connectivity index (χ0n) is 41.8. The summed E-state index contributed by atoms with van der Waals surface area (Å²) in [5, 5.41) is 0. The van der Waals surface area contributed by atoms with E-state index >= 15 is 0 Å². The average Bonchev–Trinajstić information content (AvgIpc) is 3.29. The lowest BCUT2D eigenvalue weighted by Crippen LogP contribution is -2.30. The normalized spacial score (nSPS) is 12.7. The molecular formula is C58H98O6. The van der Waals surface area contributed by atoms with Crippen molar-refractivity contribution in [2.45, 2.75) is 252 Å². The molecule has 0 spiro atoms. The van der Waals surface area contributed by atoms with E-state index in [0.717, 1.165) is 77.0 Å². The molecule has 0 amide bonds. The molecule has 0 rings (SSSR count). The Kier molecular flexibility index (Phi) is 49.4. The lowest BCUT2D eigenvalue weighted by molar-refractivity contribution is -0.166. The maximum atomic E-state index is 12.8. The highest BCUT2D eigenvalue weighted by Crippen LogP contribution is 2.14. The number of ether oxygens (including phenoxy) is 3. The molecule has 0 aromatic rings. The third kappa shape index (κ3) is 49.6. The fourth-order valence-corrected chi connectivity index (χ4v) is 7.17. The first-order chi connectivity index (χ1) is 31.5. The summed E-state index contributed by atoms with van der Waals surface area (Å²) in [4.78, 5) is 37.9. The number of carbonyl (C=O) groups is 3. The van der Waals surface area contributed by atoms with Crippen LogP contribution in [-0.4, -0.2) is 37.2 Å². The van der Waals surface area contributed by atoms with Gasteiger partial charge in [0.15, 0.2) is 6.10 Å². The Morgan fingerprint density at radius 3 is 1.05 bits per heavy atom. The molecule has 6 heteroatoms. The highest BCUT2D eigenvalue weighted by molar-refractivity contribution is 5.71. The van der Waals surface area contributed by atoms with Gasteiger partial charge in [-0.25, -0.2) is 0 Å². The lowest BCUT2D eigenvalue weighted by Gasteiger charge is -2.18. The molecule has 0 heterocycles. The van der Waals surface area contributed by atoms with E-state index in [4.69, 9.17) is 14.2 Å². The molecule has 0 aliphatic heterocycles. The summed E-state index contributed by atoms with van der Waals surface area (Å²) in [5.41, 5.74) is 0. The summed E-state index contributed by atoms with van der Waals surface area (Å²) in [6, 6.07) is 0. The minimum absolute atomic E-state index is 0.100. The van der Waals surface area contributed by atoms with Crippen LogP contribution in [0.3, 0.4) is 0 Å². The largest absolute Gasteiger partial charge is 0.462 e. The first-order valence-corrected chi connectivity index (χ1v) is 26.6. The maximum Gasteiger partial charge on any atom is 0.306 e. The van der Waals surface area contributed by atoms with Crippen LogP contribution in [0.5, 0.6) is 0 Å². The van der Waals surface area contributed by atoms with Crippen LogP contribution in [-0.2, 0) is 28.6 Å². The highest BCUT2D eigenvalue weighted by atomic mass is 16.6. The Labute approximate surface area is 395 Å². The van der Waals surface area contributed by atoms with Gasteiger partial charge in [0.1, 0.15) is 13.2 Å². The number of carbonyl (C=O) groups excluding carboxylic acids is 3. The first kappa shape index (κ1) is 60.6. The van der Waals surface area contributed by atoms with Crippen molar-refractivity contribution < 1.29 is 28.6 Å². The van der Waals surface area contributed by atoms with Crippen LogP contribution in [0.1, 0.15) is 245 Å². The lowest BCUT2D eigenvalue weighted by atomic mass is 10.1. The van der Waals surface area contributed by atoms with Crippen molar-refractivity contribution in [1.29, 1.82) is 0 Å². The second kappa shape index (κ2) is 52.2. The molecule has 0 aliphatic carbocycles. The van der Waals surface area contributed by atoms with Gasteiger partial charge < -0.3 is 14.2 Å². The molecule has 0 aromatic heterocycles. The van der Waals surface area contributed by atoms with Gasteiger partial charge in [-0.15, -0.1) is 0 Å². The van der Waals surface area contributed by atoms with Crippen LogP contribution in [0.15, 0.2) is 85.1 Å². The minimum Gasteiger partial charge on any atom is -0.462 e. The molecule has 0 fully saturated rings. The summed E-state index contributed by atoms with van der Waals surface area (Å²) in [7, 11) is 0. The topological polar surface area (TPSA) is 78.9 Å². The Balaban J connectivity index is 4.43. The Bertz CT molecular complexity index is 1250. The summed E-state index contributed by atoms with van der Waals surface area (Å²) < 4.78 is 16.7. The molecule has 0 aromatic carbocycles. The zero-order valence-corrected chi connectivity index (χ0v) is 41.8. The molecule has 6 nitrogen and oxygen atoms in total. The van der Waals surface area contributed by atoms with Crippen LogP contribution in [0.2, 0.25) is 0 Å². The molecule has 64 heavy (non-hydrogen) atoms. The van der Waals surface area contributed by atoms with Gasteiger partial charge in [0, 0.05) is 19.3 Å². The molecule has 366 valence electrons. The van der Waals surface area contributed by atoms with Crippen LogP contribution >= 0.6 is 0 Å². The van der Waals surface area contributed by atoms with Gasteiger partial charge in [0.2, 0.25) is 0 Å². The quantitative estimate of drug-likeness (QED) is 0.0262. The Morgan fingerprint density at radius 1 is 0.328 bits per heavy atom. The van der Waals surface area contributed by atoms with E-state index < -0.39 is 6.10 Å². The van der Waals surface area contributed by atoms with Crippen molar-refractivity contribution in [3.63, 3.8) is 0 Å². The predicted molar refractivity (Wildman–Crippen MR) is 274 cm³/mol. The van der Waals surface area contributed by atoms with Crippen LogP contribution < -0.4 is 0 Å². The van der Waals surface area contributed by atoms with E-state index in [2.05, 4.69) is 99.8 Å². The van der Waals surface area contributed by atoms with Gasteiger partial charge in [0.25, 0.3) is 0 Å². The summed E-state index contributed by atoms with van der Waals surface area (Å²) in [5.74, 6) is -0.995. The van der Waals surface area contributed by atoms with Gasteiger partial charge in [-0.3, -0.25) is 14.4 Å². The second-order valence-corrected chi connectivity index (χ2v) is 17.4. The molecule has 0 aliphatic rings. The van der Waals surface area contributed by atoms with Crippen molar-refractivity contribution in [2.24, 2.45) is 0 Å². The molecule has 0 radical (unpaired) electrons. The minimum atomic E-state index is -0.806. The van der Waals surface area contributed by atoms with Crippen molar-refractivity contribution >= 4 is 17.9 Å². The maximum absolute atomic E-state index is 12.8. The molecular weight excluding hydrogens is 793 g/mol. The summed E-state index contributed by atoms with van der Waals surface area (Å²) in [6.45, 7) is 6.43. The Morgan fingerprint density at radius 2 is 0.641 bits per heavy atom. The monoisotopic (exact) mass is 891 g/mol. The average molecular weight is 891 g/mol. The number of hydrogen-bond donors (Lipinski definition) is 0. The predicted octanol–water partition coefficient (Wildman–Crippen LogP) is 17.6. The third-order valence-electron chi connectivity index (χ3n) is 11.1. The zero-order chi connectivity index (χ0) is 46.5. The summed E-state index contributed by atoms with van der Waals surface area (Å²) in [6.07, 6.45) is 67.3. The van der Waals surface area contributed by atoms with Gasteiger partial charge in [-0.1, -0.05) is 228 Å².